The third kappa shape index (κ3) is 2.47. The van der Waals surface area contributed by atoms with Crippen LogP contribution in [-0.2, 0) is 6.54 Å². The van der Waals surface area contributed by atoms with E-state index in [4.69, 9.17) is 11.6 Å². The Morgan fingerprint density at radius 1 is 1.45 bits per heavy atom. The van der Waals surface area contributed by atoms with E-state index in [2.05, 4.69) is 21.9 Å². The fourth-order valence-corrected chi connectivity index (χ4v) is 3.36. The highest BCUT2D eigenvalue weighted by Crippen LogP contribution is 2.27. The molecule has 20 heavy (non-hydrogen) atoms. The summed E-state index contributed by atoms with van der Waals surface area (Å²) in [7, 11) is 0. The maximum atomic E-state index is 12.1. The molecular formula is C14H19ClN4O. The lowest BCUT2D eigenvalue weighted by atomic mass is 10.1. The molecule has 1 N–H and O–H groups in total. The minimum absolute atomic E-state index is 0.244. The molecule has 0 aromatic carbocycles. The molecule has 6 heteroatoms. The zero-order valence-electron chi connectivity index (χ0n) is 11.4. The molecule has 0 saturated carbocycles. The number of hydrogen-bond acceptors (Lipinski definition) is 4. The van der Waals surface area contributed by atoms with Crippen LogP contribution in [0.4, 0.5) is 5.69 Å². The van der Waals surface area contributed by atoms with E-state index in [-0.39, 0.29) is 10.6 Å². The monoisotopic (exact) mass is 294 g/mol. The van der Waals surface area contributed by atoms with E-state index in [0.717, 1.165) is 25.2 Å². The Morgan fingerprint density at radius 2 is 2.25 bits per heavy atom. The van der Waals surface area contributed by atoms with Crippen LogP contribution in [0.5, 0.6) is 0 Å². The summed E-state index contributed by atoms with van der Waals surface area (Å²) in [5.41, 5.74) is 0.512. The molecule has 2 unspecified atom stereocenters. The topological polar surface area (TPSA) is 50.2 Å². The van der Waals surface area contributed by atoms with Crippen LogP contribution in [0.3, 0.4) is 0 Å². The number of nitrogens with zero attached hydrogens (tertiary/aromatic N) is 3. The molecule has 5 nitrogen and oxygen atoms in total. The molecule has 2 aliphatic heterocycles. The predicted molar refractivity (Wildman–Crippen MR) is 80.5 cm³/mol. The molecule has 3 heterocycles. The van der Waals surface area contributed by atoms with Crippen molar-refractivity contribution in [2.45, 2.75) is 37.9 Å². The first-order valence-electron chi connectivity index (χ1n) is 7.06. The largest absolute Gasteiger partial charge is 0.367 e. The number of aromatic nitrogens is 2. The Kier molecular flexibility index (Phi) is 3.81. The van der Waals surface area contributed by atoms with E-state index in [0.29, 0.717) is 18.6 Å². The van der Waals surface area contributed by atoms with Crippen molar-refractivity contribution in [3.05, 3.63) is 34.2 Å². The average Bonchev–Trinajstić information content (AvgIpc) is 2.76. The van der Waals surface area contributed by atoms with E-state index >= 15 is 0 Å². The fraction of sp³-hybridized carbons (Fsp3) is 0.571. The number of fused-ring (bicyclic) bond motifs is 2. The number of allylic oxidation sites excluding steroid dienone is 1. The second kappa shape index (κ2) is 5.58. The van der Waals surface area contributed by atoms with E-state index in [9.17, 15) is 4.79 Å². The highest BCUT2D eigenvalue weighted by Gasteiger charge is 2.30. The summed E-state index contributed by atoms with van der Waals surface area (Å²) >= 11 is 6.25. The Labute approximate surface area is 123 Å². The third-order valence-electron chi connectivity index (χ3n) is 4.13. The summed E-state index contributed by atoms with van der Waals surface area (Å²) in [5.74, 6) is 0. The molecule has 1 aromatic heterocycles. The highest BCUT2D eigenvalue weighted by molar-refractivity contribution is 6.33. The zero-order valence-corrected chi connectivity index (χ0v) is 12.1. The van der Waals surface area contributed by atoms with Crippen LogP contribution in [0.25, 0.3) is 0 Å². The van der Waals surface area contributed by atoms with E-state index < -0.39 is 0 Å². The number of hydrogen-bond donors (Lipinski definition) is 1. The van der Waals surface area contributed by atoms with E-state index in [1.165, 1.54) is 17.5 Å². The van der Waals surface area contributed by atoms with Crippen molar-refractivity contribution in [3.63, 3.8) is 0 Å². The molecule has 0 radical (unpaired) electrons. The molecule has 0 amide bonds. The molecule has 2 atom stereocenters. The lowest BCUT2D eigenvalue weighted by Gasteiger charge is -2.26. The standard InChI is InChI=1S/C14H19ClN4O/c1-2-6-19-14(20)13(15)12(8-16-19)18-7-5-10-3-4-11(9-18)17-10/h2,8,10-11,17H,1,3-7,9H2. The van der Waals surface area contributed by atoms with Crippen molar-refractivity contribution in [3.8, 4) is 0 Å². The number of halogens is 1. The van der Waals surface area contributed by atoms with Crippen LogP contribution in [-0.4, -0.2) is 35.0 Å². The third-order valence-corrected chi connectivity index (χ3v) is 4.49. The first kappa shape index (κ1) is 13.6. The zero-order chi connectivity index (χ0) is 14.1. The summed E-state index contributed by atoms with van der Waals surface area (Å²) in [6, 6.07) is 1.10. The van der Waals surface area contributed by atoms with Gasteiger partial charge in [-0.1, -0.05) is 17.7 Å². The van der Waals surface area contributed by atoms with Gasteiger partial charge in [0.15, 0.2) is 0 Å². The van der Waals surface area contributed by atoms with Gasteiger partial charge in [-0.3, -0.25) is 4.79 Å². The van der Waals surface area contributed by atoms with Crippen LogP contribution in [0.15, 0.2) is 23.6 Å². The lowest BCUT2D eigenvalue weighted by molar-refractivity contribution is 0.563. The van der Waals surface area contributed by atoms with E-state index in [1.54, 1.807) is 12.3 Å². The molecule has 2 aliphatic rings. The van der Waals surface area contributed by atoms with Crippen molar-refractivity contribution < 1.29 is 0 Å². The van der Waals surface area contributed by atoms with Crippen molar-refractivity contribution in [1.29, 1.82) is 0 Å². The molecular weight excluding hydrogens is 276 g/mol. The second-order valence-electron chi connectivity index (χ2n) is 5.49. The van der Waals surface area contributed by atoms with Gasteiger partial charge in [-0.05, 0) is 19.3 Å². The Bertz CT molecular complexity index is 571. The molecule has 3 rings (SSSR count). The summed E-state index contributed by atoms with van der Waals surface area (Å²) < 4.78 is 1.33. The first-order valence-corrected chi connectivity index (χ1v) is 7.44. The smallest absolute Gasteiger partial charge is 0.287 e. The van der Waals surface area contributed by atoms with Gasteiger partial charge in [0, 0.05) is 25.2 Å². The first-order chi connectivity index (χ1) is 9.69. The van der Waals surface area contributed by atoms with Gasteiger partial charge in [0.25, 0.3) is 5.56 Å². The van der Waals surface area contributed by atoms with Crippen LogP contribution in [0, 0.1) is 0 Å². The summed E-state index contributed by atoms with van der Waals surface area (Å²) in [6.45, 7) is 5.80. The van der Waals surface area contributed by atoms with Crippen LogP contribution >= 0.6 is 11.6 Å². The van der Waals surface area contributed by atoms with Gasteiger partial charge in [-0.25, -0.2) is 4.68 Å². The van der Waals surface area contributed by atoms with Crippen LogP contribution < -0.4 is 15.8 Å². The minimum atomic E-state index is -0.244. The Morgan fingerprint density at radius 3 is 3.05 bits per heavy atom. The van der Waals surface area contributed by atoms with Crippen LogP contribution in [0.2, 0.25) is 5.02 Å². The highest BCUT2D eigenvalue weighted by atomic mass is 35.5. The molecule has 1 aromatic rings. The summed E-state index contributed by atoms with van der Waals surface area (Å²) in [5, 5.41) is 8.06. The lowest BCUT2D eigenvalue weighted by Crippen LogP contribution is -2.36. The Hall–Kier alpha value is -1.33. The van der Waals surface area contributed by atoms with Crippen molar-refractivity contribution in [2.75, 3.05) is 18.0 Å². The molecule has 2 fully saturated rings. The summed E-state index contributed by atoms with van der Waals surface area (Å²) in [4.78, 5) is 14.3. The Balaban J connectivity index is 1.88. The number of rotatable bonds is 3. The van der Waals surface area contributed by atoms with Crippen molar-refractivity contribution in [2.24, 2.45) is 0 Å². The van der Waals surface area contributed by atoms with Crippen molar-refractivity contribution >= 4 is 17.3 Å². The minimum Gasteiger partial charge on any atom is -0.367 e. The second-order valence-corrected chi connectivity index (χ2v) is 5.87. The van der Waals surface area contributed by atoms with Gasteiger partial charge >= 0.3 is 0 Å². The molecule has 2 saturated heterocycles. The van der Waals surface area contributed by atoms with Gasteiger partial charge in [0.2, 0.25) is 0 Å². The van der Waals surface area contributed by atoms with Gasteiger partial charge < -0.3 is 10.2 Å². The van der Waals surface area contributed by atoms with E-state index in [1.807, 2.05) is 0 Å². The van der Waals surface area contributed by atoms with Gasteiger partial charge in [0.1, 0.15) is 5.02 Å². The number of anilines is 1. The fourth-order valence-electron chi connectivity index (χ4n) is 3.09. The molecule has 0 spiro atoms. The molecule has 2 bridgehead atoms. The maximum absolute atomic E-state index is 12.1. The number of nitrogens with one attached hydrogen (secondary N) is 1. The van der Waals surface area contributed by atoms with Gasteiger partial charge in [-0.15, -0.1) is 6.58 Å². The SMILES string of the molecule is C=CCn1ncc(N2CCC3CCC(C2)N3)c(Cl)c1=O. The predicted octanol–water partition coefficient (Wildman–Crippen LogP) is 1.41. The molecule has 0 aliphatic carbocycles. The van der Waals surface area contributed by atoms with Crippen molar-refractivity contribution in [1.82, 2.24) is 15.1 Å². The van der Waals surface area contributed by atoms with Crippen LogP contribution in [0.1, 0.15) is 19.3 Å². The molecule has 108 valence electrons. The quantitative estimate of drug-likeness (QED) is 0.857. The summed E-state index contributed by atoms with van der Waals surface area (Å²) in [6.07, 6.45) is 6.87. The normalized spacial score (nSPS) is 25.6. The van der Waals surface area contributed by atoms with Gasteiger partial charge in [0.05, 0.1) is 18.4 Å². The maximum Gasteiger partial charge on any atom is 0.287 e. The van der Waals surface area contributed by atoms with Gasteiger partial charge in [-0.2, -0.15) is 5.10 Å². The average molecular weight is 295 g/mol.